The summed E-state index contributed by atoms with van der Waals surface area (Å²) in [6.07, 6.45) is 4.57. The number of likely N-dealkylation sites (tertiary alicyclic amines) is 1. The van der Waals surface area contributed by atoms with Gasteiger partial charge in [0.1, 0.15) is 11.4 Å². The number of hydrogen-bond acceptors (Lipinski definition) is 4. The first-order valence-electron chi connectivity index (χ1n) is 9.44. The number of rotatable bonds is 6. The van der Waals surface area contributed by atoms with Gasteiger partial charge in [-0.3, -0.25) is 4.79 Å². The molecule has 0 atom stereocenters. The number of para-hydroxylation sites is 2. The fraction of sp³-hybridized carbons (Fsp3) is 0.550. The number of hydrogen-bond donors (Lipinski definition) is 0. The quantitative estimate of drug-likeness (QED) is 0.796. The Morgan fingerprint density at radius 1 is 1.19 bits per heavy atom. The monoisotopic (exact) mass is 356 g/mol. The van der Waals surface area contributed by atoms with E-state index in [1.54, 1.807) is 7.11 Å². The number of methoxy groups -OCH3 is 1. The van der Waals surface area contributed by atoms with Gasteiger partial charge in [0.2, 0.25) is 5.91 Å². The molecule has 6 nitrogen and oxygen atoms in total. The summed E-state index contributed by atoms with van der Waals surface area (Å²) in [5.41, 5.74) is 0.856. The second-order valence-electron chi connectivity index (χ2n) is 7.25. The Kier molecular flexibility index (Phi) is 5.91. The summed E-state index contributed by atoms with van der Waals surface area (Å²) in [6, 6.07) is 7.79. The molecule has 1 aliphatic heterocycles. The van der Waals surface area contributed by atoms with E-state index in [4.69, 9.17) is 14.8 Å². The minimum atomic E-state index is 0.211. The van der Waals surface area contributed by atoms with Crippen LogP contribution in [0.5, 0.6) is 5.75 Å². The fourth-order valence-electron chi connectivity index (χ4n) is 3.32. The maximum Gasteiger partial charge on any atom is 0.222 e. The molecule has 140 valence electrons. The van der Waals surface area contributed by atoms with Crippen LogP contribution in [0.15, 0.2) is 24.3 Å². The minimum absolute atomic E-state index is 0.211. The summed E-state index contributed by atoms with van der Waals surface area (Å²) in [7, 11) is 1.66. The smallest absolute Gasteiger partial charge is 0.222 e. The van der Waals surface area contributed by atoms with Crippen LogP contribution in [0.1, 0.15) is 51.2 Å². The van der Waals surface area contributed by atoms with E-state index < -0.39 is 0 Å². The lowest BCUT2D eigenvalue weighted by molar-refractivity contribution is -0.131. The maximum absolute atomic E-state index is 12.4. The second kappa shape index (κ2) is 8.34. The summed E-state index contributed by atoms with van der Waals surface area (Å²) in [4.78, 5) is 19.1. The zero-order valence-corrected chi connectivity index (χ0v) is 15.9. The van der Waals surface area contributed by atoms with Crippen molar-refractivity contribution >= 4 is 5.91 Å². The Hall–Kier alpha value is -2.37. The highest BCUT2D eigenvalue weighted by Crippen LogP contribution is 2.24. The maximum atomic E-state index is 12.4. The van der Waals surface area contributed by atoms with Crippen LogP contribution < -0.4 is 4.74 Å². The normalized spacial score (nSPS) is 15.4. The molecule has 1 saturated heterocycles. The number of carbonyl (C=O) groups excluding carboxylic acids is 1. The van der Waals surface area contributed by atoms with Gasteiger partial charge in [-0.25, -0.2) is 9.67 Å². The summed E-state index contributed by atoms with van der Waals surface area (Å²) >= 11 is 0. The first-order chi connectivity index (χ1) is 12.6. The van der Waals surface area contributed by atoms with Crippen molar-refractivity contribution in [1.29, 1.82) is 0 Å². The van der Waals surface area contributed by atoms with Crippen molar-refractivity contribution in [3.63, 3.8) is 0 Å². The molecule has 1 aromatic heterocycles. The molecule has 2 heterocycles. The number of benzene rings is 1. The third-order valence-corrected chi connectivity index (χ3v) is 4.63. The highest BCUT2D eigenvalue weighted by Gasteiger charge is 2.22. The highest BCUT2D eigenvalue weighted by atomic mass is 16.5. The van der Waals surface area contributed by atoms with E-state index in [0.29, 0.717) is 18.9 Å². The fourth-order valence-corrected chi connectivity index (χ4v) is 3.32. The van der Waals surface area contributed by atoms with Crippen LogP contribution >= 0.6 is 0 Å². The van der Waals surface area contributed by atoms with E-state index in [-0.39, 0.29) is 5.91 Å². The molecule has 0 bridgehead atoms. The number of aromatic nitrogens is 3. The Morgan fingerprint density at radius 3 is 2.77 bits per heavy atom. The molecular weight excluding hydrogens is 328 g/mol. The highest BCUT2D eigenvalue weighted by molar-refractivity contribution is 5.76. The molecule has 0 N–H and O–H groups in total. The van der Waals surface area contributed by atoms with Gasteiger partial charge in [0.25, 0.3) is 0 Å². The van der Waals surface area contributed by atoms with Crippen molar-refractivity contribution in [3.05, 3.63) is 35.9 Å². The van der Waals surface area contributed by atoms with Crippen molar-refractivity contribution in [3.8, 4) is 11.4 Å². The van der Waals surface area contributed by atoms with Gasteiger partial charge < -0.3 is 9.64 Å². The summed E-state index contributed by atoms with van der Waals surface area (Å²) in [6.45, 7) is 5.59. The molecule has 1 aromatic carbocycles. The molecular formula is C20H28N4O2. The van der Waals surface area contributed by atoms with Crippen LogP contribution in [0.3, 0.4) is 0 Å². The molecule has 0 spiro atoms. The van der Waals surface area contributed by atoms with E-state index in [2.05, 4.69) is 13.8 Å². The van der Waals surface area contributed by atoms with Gasteiger partial charge in [0.05, 0.1) is 13.7 Å². The first-order valence-corrected chi connectivity index (χ1v) is 9.44. The first kappa shape index (κ1) is 18.4. The zero-order chi connectivity index (χ0) is 18.5. The predicted octanol–water partition coefficient (Wildman–Crippen LogP) is 3.38. The molecule has 26 heavy (non-hydrogen) atoms. The van der Waals surface area contributed by atoms with Crippen molar-refractivity contribution in [2.24, 2.45) is 5.92 Å². The topological polar surface area (TPSA) is 60.2 Å². The number of amides is 1. The Balaban J connectivity index is 1.96. The van der Waals surface area contributed by atoms with Crippen LogP contribution in [0.25, 0.3) is 5.69 Å². The summed E-state index contributed by atoms with van der Waals surface area (Å²) in [5.74, 6) is 3.03. The van der Waals surface area contributed by atoms with Gasteiger partial charge in [0.15, 0.2) is 11.6 Å². The molecule has 3 rings (SSSR count). The molecule has 0 saturated carbocycles. The predicted molar refractivity (Wildman–Crippen MR) is 100 cm³/mol. The molecule has 6 heteroatoms. The lowest BCUT2D eigenvalue weighted by Gasteiger charge is -2.20. The summed E-state index contributed by atoms with van der Waals surface area (Å²) < 4.78 is 7.35. The largest absolute Gasteiger partial charge is 0.494 e. The summed E-state index contributed by atoms with van der Waals surface area (Å²) in [5, 5.41) is 4.73. The average molecular weight is 356 g/mol. The molecule has 1 amide bonds. The van der Waals surface area contributed by atoms with Crippen molar-refractivity contribution < 1.29 is 9.53 Å². The van der Waals surface area contributed by atoms with E-state index in [1.807, 2.05) is 33.8 Å². The number of ether oxygens (including phenoxy) is 1. The average Bonchev–Trinajstić information content (AvgIpc) is 2.89. The van der Waals surface area contributed by atoms with Crippen LogP contribution in [-0.2, 0) is 17.8 Å². The van der Waals surface area contributed by atoms with Gasteiger partial charge in [-0.1, -0.05) is 32.4 Å². The Labute approximate surface area is 155 Å². The lowest BCUT2D eigenvalue weighted by atomic mass is 10.1. The van der Waals surface area contributed by atoms with E-state index in [0.717, 1.165) is 55.3 Å². The van der Waals surface area contributed by atoms with Crippen molar-refractivity contribution in [1.82, 2.24) is 19.7 Å². The van der Waals surface area contributed by atoms with Gasteiger partial charge in [-0.05, 0) is 30.9 Å². The van der Waals surface area contributed by atoms with Crippen molar-refractivity contribution in [2.75, 3.05) is 13.7 Å². The lowest BCUT2D eigenvalue weighted by Crippen LogP contribution is -2.31. The molecule has 1 fully saturated rings. The Morgan fingerprint density at radius 2 is 2.00 bits per heavy atom. The van der Waals surface area contributed by atoms with Gasteiger partial charge >= 0.3 is 0 Å². The standard InChI is InChI=1S/C20H28N4O2/c1-15(2)13-18-21-19(14-23-12-8-4-5-11-20(23)25)24(22-18)16-9-6-7-10-17(16)26-3/h6-7,9-10,15H,4-5,8,11-14H2,1-3H3. The minimum Gasteiger partial charge on any atom is -0.494 e. The molecule has 2 aromatic rings. The molecule has 0 unspecified atom stereocenters. The molecule has 1 aliphatic rings. The zero-order valence-electron chi connectivity index (χ0n) is 15.9. The van der Waals surface area contributed by atoms with E-state index >= 15 is 0 Å². The Bertz CT molecular complexity index is 754. The van der Waals surface area contributed by atoms with E-state index in [1.165, 1.54) is 0 Å². The van der Waals surface area contributed by atoms with Crippen LogP contribution in [0.4, 0.5) is 0 Å². The SMILES string of the molecule is COc1ccccc1-n1nc(CC(C)C)nc1CN1CCCCCC1=O. The van der Waals surface area contributed by atoms with Crippen LogP contribution in [-0.4, -0.2) is 39.2 Å². The van der Waals surface area contributed by atoms with E-state index in [9.17, 15) is 4.79 Å². The third-order valence-electron chi connectivity index (χ3n) is 4.63. The van der Waals surface area contributed by atoms with Crippen molar-refractivity contribution in [2.45, 2.75) is 52.5 Å². The molecule has 0 radical (unpaired) electrons. The third kappa shape index (κ3) is 4.23. The van der Waals surface area contributed by atoms with Crippen LogP contribution in [0, 0.1) is 5.92 Å². The van der Waals surface area contributed by atoms with Gasteiger partial charge in [0, 0.05) is 19.4 Å². The molecule has 0 aliphatic carbocycles. The number of nitrogens with zero attached hydrogens (tertiary/aromatic N) is 4. The second-order valence-corrected chi connectivity index (χ2v) is 7.25. The van der Waals surface area contributed by atoms with Gasteiger partial charge in [-0.15, -0.1) is 0 Å². The number of carbonyl (C=O) groups is 1. The van der Waals surface area contributed by atoms with Gasteiger partial charge in [-0.2, -0.15) is 5.10 Å². The van der Waals surface area contributed by atoms with Crippen LogP contribution in [0.2, 0.25) is 0 Å².